The molecule has 1 rings (SSSR count). The zero-order chi connectivity index (χ0) is 13.6. The lowest BCUT2D eigenvalue weighted by atomic mass is 9.95. The van der Waals surface area contributed by atoms with E-state index in [1.807, 2.05) is 45.0 Å². The monoisotopic (exact) mass is 269 g/mol. The van der Waals surface area contributed by atoms with E-state index in [0.29, 0.717) is 19.0 Å². The van der Waals surface area contributed by atoms with Gasteiger partial charge in [-0.2, -0.15) is 0 Å². The van der Waals surface area contributed by atoms with E-state index in [0.717, 1.165) is 11.3 Å². The molecule has 0 aliphatic rings. The predicted molar refractivity (Wildman–Crippen MR) is 74.2 cm³/mol. The van der Waals surface area contributed by atoms with Crippen molar-refractivity contribution in [3.63, 3.8) is 0 Å². The maximum Gasteiger partial charge on any atom is 0.226 e. The van der Waals surface area contributed by atoms with Crippen LogP contribution in [0.1, 0.15) is 19.4 Å². The summed E-state index contributed by atoms with van der Waals surface area (Å²) in [7, 11) is 0. The number of alkyl halides is 1. The van der Waals surface area contributed by atoms with E-state index in [9.17, 15) is 4.79 Å². The Balaban J connectivity index is 2.29. The first-order valence-corrected chi connectivity index (χ1v) is 6.53. The lowest BCUT2D eigenvalue weighted by Gasteiger charge is -2.20. The number of nitrogens with one attached hydrogen (secondary N) is 1. The Kier molecular flexibility index (Phi) is 5.48. The Labute approximate surface area is 113 Å². The summed E-state index contributed by atoms with van der Waals surface area (Å²) in [6, 6.07) is 7.82. The van der Waals surface area contributed by atoms with E-state index in [1.54, 1.807) is 0 Å². The quantitative estimate of drug-likeness (QED) is 0.637. The number of rotatable bonds is 6. The average Bonchev–Trinajstić information content (AvgIpc) is 2.34. The number of carbonyl (C=O) groups excluding carboxylic acids is 1. The molecule has 0 atom stereocenters. The van der Waals surface area contributed by atoms with Crippen LogP contribution in [0.3, 0.4) is 0 Å². The summed E-state index contributed by atoms with van der Waals surface area (Å²) in [5.41, 5.74) is 0.616. The molecule has 1 aromatic carbocycles. The van der Waals surface area contributed by atoms with Gasteiger partial charge in [-0.15, -0.1) is 11.6 Å². The van der Waals surface area contributed by atoms with Crippen LogP contribution in [-0.4, -0.2) is 24.9 Å². The zero-order valence-electron chi connectivity index (χ0n) is 11.1. The summed E-state index contributed by atoms with van der Waals surface area (Å²) >= 11 is 5.72. The maximum absolute atomic E-state index is 11.7. The van der Waals surface area contributed by atoms with Gasteiger partial charge >= 0.3 is 0 Å². The van der Waals surface area contributed by atoms with Crippen LogP contribution >= 0.6 is 11.6 Å². The lowest BCUT2D eigenvalue weighted by molar-refractivity contribution is -0.128. The Bertz CT molecular complexity index is 405. The van der Waals surface area contributed by atoms with Gasteiger partial charge in [-0.25, -0.2) is 0 Å². The van der Waals surface area contributed by atoms with Crippen molar-refractivity contribution in [1.82, 2.24) is 5.32 Å². The van der Waals surface area contributed by atoms with Gasteiger partial charge in [0.25, 0.3) is 0 Å². The number of carbonyl (C=O) groups is 1. The second-order valence-electron chi connectivity index (χ2n) is 4.94. The van der Waals surface area contributed by atoms with Crippen LogP contribution in [0.2, 0.25) is 0 Å². The van der Waals surface area contributed by atoms with Crippen LogP contribution in [0.5, 0.6) is 5.75 Å². The molecule has 1 aromatic rings. The predicted octanol–water partition coefficient (Wildman–Crippen LogP) is 2.76. The smallest absolute Gasteiger partial charge is 0.226 e. The summed E-state index contributed by atoms with van der Waals surface area (Å²) < 4.78 is 5.54. The molecule has 0 fully saturated rings. The van der Waals surface area contributed by atoms with E-state index in [1.165, 1.54) is 0 Å². The number of hydrogen-bond donors (Lipinski definition) is 1. The summed E-state index contributed by atoms with van der Waals surface area (Å²) in [5.74, 6) is 1.07. The SMILES string of the molecule is Cc1cccc(OCCNC(=O)C(C)(C)CCl)c1. The fourth-order valence-corrected chi connectivity index (χ4v) is 1.46. The summed E-state index contributed by atoms with van der Waals surface area (Å²) in [4.78, 5) is 11.7. The van der Waals surface area contributed by atoms with Crippen molar-refractivity contribution in [2.45, 2.75) is 20.8 Å². The summed E-state index contributed by atoms with van der Waals surface area (Å²) in [6.07, 6.45) is 0. The van der Waals surface area contributed by atoms with E-state index < -0.39 is 5.41 Å². The molecule has 0 heterocycles. The van der Waals surface area contributed by atoms with E-state index >= 15 is 0 Å². The lowest BCUT2D eigenvalue weighted by Crippen LogP contribution is -2.39. The molecule has 1 amide bonds. The van der Waals surface area contributed by atoms with Crippen LogP contribution < -0.4 is 10.1 Å². The minimum atomic E-state index is -0.537. The summed E-state index contributed by atoms with van der Waals surface area (Å²) in [5, 5.41) is 2.81. The van der Waals surface area contributed by atoms with E-state index in [4.69, 9.17) is 16.3 Å². The van der Waals surface area contributed by atoms with Crippen molar-refractivity contribution in [2.75, 3.05) is 19.0 Å². The largest absolute Gasteiger partial charge is 0.492 e. The highest BCUT2D eigenvalue weighted by Crippen LogP contribution is 2.16. The molecule has 0 aliphatic heterocycles. The molecule has 18 heavy (non-hydrogen) atoms. The third-order valence-corrected chi connectivity index (χ3v) is 3.26. The third kappa shape index (κ3) is 4.57. The minimum Gasteiger partial charge on any atom is -0.492 e. The molecule has 0 bridgehead atoms. The summed E-state index contributed by atoms with van der Waals surface area (Å²) in [6.45, 7) is 6.58. The molecule has 100 valence electrons. The van der Waals surface area contributed by atoms with Gasteiger partial charge in [0, 0.05) is 5.88 Å². The van der Waals surface area contributed by atoms with Crippen molar-refractivity contribution >= 4 is 17.5 Å². The average molecular weight is 270 g/mol. The van der Waals surface area contributed by atoms with Gasteiger partial charge in [-0.05, 0) is 38.5 Å². The van der Waals surface area contributed by atoms with Gasteiger partial charge in [-0.1, -0.05) is 12.1 Å². The van der Waals surface area contributed by atoms with Gasteiger partial charge in [0.1, 0.15) is 12.4 Å². The molecule has 0 saturated carbocycles. The van der Waals surface area contributed by atoms with Crippen LogP contribution in [0, 0.1) is 12.3 Å². The maximum atomic E-state index is 11.7. The highest BCUT2D eigenvalue weighted by Gasteiger charge is 2.25. The van der Waals surface area contributed by atoms with Crippen molar-refractivity contribution in [2.24, 2.45) is 5.41 Å². The fraction of sp³-hybridized carbons (Fsp3) is 0.500. The standard InChI is InChI=1S/C14H20ClNO2/c1-11-5-4-6-12(9-11)18-8-7-16-13(17)14(2,3)10-15/h4-6,9H,7-8,10H2,1-3H3,(H,16,17). The topological polar surface area (TPSA) is 38.3 Å². The third-order valence-electron chi connectivity index (χ3n) is 2.59. The van der Waals surface area contributed by atoms with Crippen LogP contribution in [-0.2, 0) is 4.79 Å². The minimum absolute atomic E-state index is 0.0506. The first-order valence-electron chi connectivity index (χ1n) is 5.99. The molecule has 3 nitrogen and oxygen atoms in total. The molecule has 0 unspecified atom stereocenters. The van der Waals surface area contributed by atoms with Crippen molar-refractivity contribution in [3.05, 3.63) is 29.8 Å². The molecular formula is C14H20ClNO2. The zero-order valence-corrected chi connectivity index (χ0v) is 11.9. The molecule has 0 saturated heterocycles. The molecule has 0 aromatic heterocycles. The molecular weight excluding hydrogens is 250 g/mol. The second kappa shape index (κ2) is 6.64. The Morgan fingerprint density at radius 2 is 2.17 bits per heavy atom. The number of benzene rings is 1. The van der Waals surface area contributed by atoms with E-state index in [-0.39, 0.29) is 5.91 Å². The van der Waals surface area contributed by atoms with Crippen molar-refractivity contribution in [3.8, 4) is 5.75 Å². The number of ether oxygens (including phenoxy) is 1. The number of halogens is 1. The Morgan fingerprint density at radius 1 is 1.44 bits per heavy atom. The van der Waals surface area contributed by atoms with Crippen LogP contribution in [0.15, 0.2) is 24.3 Å². The molecule has 1 N–H and O–H groups in total. The highest BCUT2D eigenvalue weighted by molar-refractivity contribution is 6.19. The van der Waals surface area contributed by atoms with Crippen LogP contribution in [0.25, 0.3) is 0 Å². The number of hydrogen-bond acceptors (Lipinski definition) is 2. The van der Waals surface area contributed by atoms with Gasteiger partial charge in [0.05, 0.1) is 12.0 Å². The fourth-order valence-electron chi connectivity index (χ4n) is 1.34. The molecule has 0 aliphatic carbocycles. The van der Waals surface area contributed by atoms with Crippen molar-refractivity contribution in [1.29, 1.82) is 0 Å². The van der Waals surface area contributed by atoms with Gasteiger partial charge in [-0.3, -0.25) is 4.79 Å². The normalized spacial score (nSPS) is 11.1. The molecule has 4 heteroatoms. The van der Waals surface area contributed by atoms with E-state index in [2.05, 4.69) is 5.32 Å². The van der Waals surface area contributed by atoms with Gasteiger partial charge < -0.3 is 10.1 Å². The first kappa shape index (κ1) is 14.8. The second-order valence-corrected chi connectivity index (χ2v) is 5.21. The molecule has 0 spiro atoms. The van der Waals surface area contributed by atoms with Gasteiger partial charge in [0.15, 0.2) is 0 Å². The number of aryl methyl sites for hydroxylation is 1. The Morgan fingerprint density at radius 3 is 2.78 bits per heavy atom. The highest BCUT2D eigenvalue weighted by atomic mass is 35.5. The first-order chi connectivity index (χ1) is 8.45. The van der Waals surface area contributed by atoms with Crippen molar-refractivity contribution < 1.29 is 9.53 Å². The number of amides is 1. The van der Waals surface area contributed by atoms with Gasteiger partial charge in [0.2, 0.25) is 5.91 Å². The van der Waals surface area contributed by atoms with Crippen LogP contribution in [0.4, 0.5) is 0 Å². The molecule has 0 radical (unpaired) electrons. The Hall–Kier alpha value is -1.22.